The molecule has 0 fully saturated rings. The molecule has 0 saturated heterocycles. The maximum absolute atomic E-state index is 11.2. The van der Waals surface area contributed by atoms with Crippen LogP contribution in [-0.4, -0.2) is 45.5 Å². The van der Waals surface area contributed by atoms with Gasteiger partial charge in [-0.15, -0.1) is 0 Å². The Balaban J connectivity index is 3.61. The van der Waals surface area contributed by atoms with Gasteiger partial charge in [-0.3, -0.25) is 4.79 Å². The number of ether oxygens (including phenoxy) is 1. The molecule has 0 radical (unpaired) electrons. The fourth-order valence-electron chi connectivity index (χ4n) is 0.893. The van der Waals surface area contributed by atoms with Crippen LogP contribution in [0.25, 0.3) is 0 Å². The van der Waals surface area contributed by atoms with E-state index in [2.05, 4.69) is 4.72 Å². The maximum atomic E-state index is 11.2. The van der Waals surface area contributed by atoms with E-state index >= 15 is 0 Å². The number of unbranched alkanes of at least 4 members (excludes halogenated alkanes) is 1. The zero-order valence-electron chi connectivity index (χ0n) is 8.73. The van der Waals surface area contributed by atoms with Gasteiger partial charge >= 0.3 is 5.97 Å². The van der Waals surface area contributed by atoms with E-state index in [-0.39, 0.29) is 12.2 Å². The molecule has 0 rings (SSSR count). The summed E-state index contributed by atoms with van der Waals surface area (Å²) >= 11 is 0. The number of hydrogen-bond acceptors (Lipinski definition) is 4. The monoisotopic (exact) mass is 239 g/mol. The average Bonchev–Trinajstić information content (AvgIpc) is 2.15. The molecule has 0 aliphatic carbocycles. The Hall–Kier alpha value is -0.660. The number of carboxylic acid groups (broad SMARTS) is 1. The van der Waals surface area contributed by atoms with Gasteiger partial charge in [0.1, 0.15) is 0 Å². The van der Waals surface area contributed by atoms with Crippen molar-refractivity contribution in [2.45, 2.75) is 19.3 Å². The predicted molar refractivity (Wildman–Crippen MR) is 55.2 cm³/mol. The molecular weight excluding hydrogens is 222 g/mol. The number of carbonyl (C=O) groups is 1. The van der Waals surface area contributed by atoms with Crippen molar-refractivity contribution < 1.29 is 23.1 Å². The lowest BCUT2D eigenvalue weighted by Gasteiger charge is -2.04. The highest BCUT2D eigenvalue weighted by atomic mass is 32.2. The molecule has 0 aromatic carbocycles. The van der Waals surface area contributed by atoms with Gasteiger partial charge in [-0.25, -0.2) is 13.1 Å². The number of hydrogen-bond donors (Lipinski definition) is 2. The van der Waals surface area contributed by atoms with Crippen molar-refractivity contribution in [2.75, 3.05) is 26.0 Å². The molecule has 0 bridgehead atoms. The van der Waals surface area contributed by atoms with Crippen LogP contribution in [0.5, 0.6) is 0 Å². The first kappa shape index (κ1) is 14.3. The van der Waals surface area contributed by atoms with Gasteiger partial charge in [0.25, 0.3) is 0 Å². The molecule has 0 aliphatic heterocycles. The standard InChI is InChI=1S/C8H17NO5S/c1-14-6-3-2-5-9-15(12,13)7-4-8(10)11/h9H,2-7H2,1H3,(H,10,11). The molecule has 0 heterocycles. The van der Waals surface area contributed by atoms with Crippen molar-refractivity contribution >= 4 is 16.0 Å². The lowest BCUT2D eigenvalue weighted by atomic mass is 10.3. The molecule has 2 N–H and O–H groups in total. The minimum Gasteiger partial charge on any atom is -0.481 e. The van der Waals surface area contributed by atoms with Gasteiger partial charge in [-0.05, 0) is 12.8 Å². The van der Waals surface area contributed by atoms with Crippen LogP contribution in [0.2, 0.25) is 0 Å². The van der Waals surface area contributed by atoms with Crippen molar-refractivity contribution in [3.05, 3.63) is 0 Å². The molecule has 0 aliphatic rings. The third-order valence-corrected chi connectivity index (χ3v) is 3.07. The molecule has 90 valence electrons. The van der Waals surface area contributed by atoms with Crippen LogP contribution >= 0.6 is 0 Å². The average molecular weight is 239 g/mol. The van der Waals surface area contributed by atoms with Gasteiger partial charge in [0, 0.05) is 20.3 Å². The van der Waals surface area contributed by atoms with E-state index in [4.69, 9.17) is 9.84 Å². The second-order valence-corrected chi connectivity index (χ2v) is 4.98. The summed E-state index contributed by atoms with van der Waals surface area (Å²) in [5.41, 5.74) is 0. The minimum atomic E-state index is -3.44. The summed E-state index contributed by atoms with van der Waals surface area (Å²) in [5, 5.41) is 8.31. The predicted octanol–water partition coefficient (Wildman–Crippen LogP) is -0.193. The first-order valence-corrected chi connectivity index (χ1v) is 6.31. The molecule has 0 atom stereocenters. The summed E-state index contributed by atoms with van der Waals surface area (Å²) in [4.78, 5) is 10.2. The molecule has 6 nitrogen and oxygen atoms in total. The maximum Gasteiger partial charge on any atom is 0.304 e. The smallest absolute Gasteiger partial charge is 0.304 e. The summed E-state index contributed by atoms with van der Waals surface area (Å²) in [7, 11) is -1.86. The number of methoxy groups -OCH3 is 1. The Morgan fingerprint density at radius 3 is 2.60 bits per heavy atom. The van der Waals surface area contributed by atoms with E-state index in [1.54, 1.807) is 7.11 Å². The van der Waals surface area contributed by atoms with Gasteiger partial charge in [0.2, 0.25) is 10.0 Å². The Morgan fingerprint density at radius 1 is 1.40 bits per heavy atom. The Morgan fingerprint density at radius 2 is 2.07 bits per heavy atom. The van der Waals surface area contributed by atoms with Crippen LogP contribution in [0.3, 0.4) is 0 Å². The molecule has 0 unspecified atom stereocenters. The Bertz CT molecular complexity index is 275. The van der Waals surface area contributed by atoms with Crippen LogP contribution in [0, 0.1) is 0 Å². The van der Waals surface area contributed by atoms with Crippen molar-refractivity contribution in [2.24, 2.45) is 0 Å². The van der Waals surface area contributed by atoms with Crippen LogP contribution in [-0.2, 0) is 19.6 Å². The third-order valence-electron chi connectivity index (χ3n) is 1.68. The fourth-order valence-corrected chi connectivity index (χ4v) is 1.94. The van der Waals surface area contributed by atoms with Crippen molar-refractivity contribution in [1.29, 1.82) is 0 Å². The van der Waals surface area contributed by atoms with Gasteiger partial charge in [-0.1, -0.05) is 0 Å². The largest absolute Gasteiger partial charge is 0.481 e. The van der Waals surface area contributed by atoms with Crippen LogP contribution < -0.4 is 4.72 Å². The zero-order chi connectivity index (χ0) is 11.7. The number of carboxylic acids is 1. The third kappa shape index (κ3) is 9.64. The summed E-state index contributed by atoms with van der Waals surface area (Å²) in [6.07, 6.45) is 1.09. The van der Waals surface area contributed by atoms with Crippen molar-refractivity contribution in [1.82, 2.24) is 4.72 Å². The van der Waals surface area contributed by atoms with Crippen LogP contribution in [0.4, 0.5) is 0 Å². The van der Waals surface area contributed by atoms with Crippen LogP contribution in [0.15, 0.2) is 0 Å². The van der Waals surface area contributed by atoms with Crippen molar-refractivity contribution in [3.8, 4) is 0 Å². The van der Waals surface area contributed by atoms with E-state index in [1.165, 1.54) is 0 Å². The molecule has 0 saturated carbocycles. The number of nitrogens with one attached hydrogen (secondary N) is 1. The molecule has 15 heavy (non-hydrogen) atoms. The number of aliphatic carboxylic acids is 1. The molecule has 0 aromatic rings. The second kappa shape index (κ2) is 7.61. The van der Waals surface area contributed by atoms with Gasteiger partial charge in [-0.2, -0.15) is 0 Å². The summed E-state index contributed by atoms with van der Waals surface area (Å²) in [6.45, 7) is 0.919. The Labute approximate surface area is 89.7 Å². The van der Waals surface area contributed by atoms with E-state index < -0.39 is 16.0 Å². The first-order valence-electron chi connectivity index (χ1n) is 4.66. The highest BCUT2D eigenvalue weighted by Crippen LogP contribution is 1.92. The summed E-state index contributed by atoms with van der Waals surface area (Å²) < 4.78 is 29.4. The van der Waals surface area contributed by atoms with Gasteiger partial charge in [0.05, 0.1) is 12.2 Å². The van der Waals surface area contributed by atoms with E-state index in [9.17, 15) is 13.2 Å². The van der Waals surface area contributed by atoms with E-state index in [0.29, 0.717) is 19.6 Å². The quantitative estimate of drug-likeness (QED) is 0.544. The fraction of sp³-hybridized carbons (Fsp3) is 0.875. The SMILES string of the molecule is COCCCCNS(=O)(=O)CCC(=O)O. The first-order chi connectivity index (χ1) is 6.98. The van der Waals surface area contributed by atoms with E-state index in [0.717, 1.165) is 6.42 Å². The van der Waals surface area contributed by atoms with Gasteiger partial charge in [0.15, 0.2) is 0 Å². The summed E-state index contributed by atoms with van der Waals surface area (Å²) in [6, 6.07) is 0. The lowest BCUT2D eigenvalue weighted by molar-refractivity contribution is -0.136. The molecule has 0 spiro atoms. The number of rotatable bonds is 9. The Kier molecular flexibility index (Phi) is 7.27. The minimum absolute atomic E-state index is 0.325. The highest BCUT2D eigenvalue weighted by molar-refractivity contribution is 7.89. The van der Waals surface area contributed by atoms with Gasteiger partial charge < -0.3 is 9.84 Å². The van der Waals surface area contributed by atoms with E-state index in [1.807, 2.05) is 0 Å². The van der Waals surface area contributed by atoms with Crippen molar-refractivity contribution in [3.63, 3.8) is 0 Å². The molecule has 0 amide bonds. The molecule has 7 heteroatoms. The highest BCUT2D eigenvalue weighted by Gasteiger charge is 2.11. The number of sulfonamides is 1. The molecule has 0 aromatic heterocycles. The topological polar surface area (TPSA) is 92.7 Å². The second-order valence-electron chi connectivity index (χ2n) is 3.06. The zero-order valence-corrected chi connectivity index (χ0v) is 9.55. The summed E-state index contributed by atoms with van der Waals surface area (Å²) in [5.74, 6) is -1.48. The lowest BCUT2D eigenvalue weighted by Crippen LogP contribution is -2.28. The normalized spacial score (nSPS) is 11.5. The molecular formula is C8H17NO5S. The van der Waals surface area contributed by atoms with Crippen LogP contribution in [0.1, 0.15) is 19.3 Å².